The van der Waals surface area contributed by atoms with Crippen LogP contribution in [0.3, 0.4) is 0 Å². The second kappa shape index (κ2) is 10.4. The Morgan fingerprint density at radius 3 is 2.29 bits per heavy atom. The summed E-state index contributed by atoms with van der Waals surface area (Å²) >= 11 is 12.4. The van der Waals surface area contributed by atoms with E-state index in [-0.39, 0.29) is 33.4 Å². The van der Waals surface area contributed by atoms with E-state index in [2.05, 4.69) is 10.4 Å². The number of fused-ring (bicyclic) bond motifs is 2. The molecule has 5 rings (SSSR count). The van der Waals surface area contributed by atoms with Gasteiger partial charge in [-0.25, -0.2) is 4.79 Å². The molecule has 0 aliphatic carbocycles. The molecule has 0 bridgehead atoms. The minimum Gasteiger partial charge on any atom is -0.496 e. The quantitative estimate of drug-likeness (QED) is 0.222. The van der Waals surface area contributed by atoms with Gasteiger partial charge in [-0.3, -0.25) is 9.48 Å². The summed E-state index contributed by atoms with van der Waals surface area (Å²) in [5, 5.41) is 9.97. The third kappa shape index (κ3) is 4.66. The van der Waals surface area contributed by atoms with Gasteiger partial charge in [-0.2, -0.15) is 0 Å². The Bertz CT molecular complexity index is 1690. The molecule has 9 heteroatoms. The van der Waals surface area contributed by atoms with E-state index < -0.39 is 5.97 Å². The molecule has 1 heterocycles. The van der Waals surface area contributed by atoms with Crippen LogP contribution >= 0.6 is 23.2 Å². The van der Waals surface area contributed by atoms with Crippen molar-refractivity contribution in [2.24, 2.45) is 0 Å². The minimum atomic E-state index is -0.727. The Hall–Kier alpha value is -4.07. The van der Waals surface area contributed by atoms with Crippen LogP contribution in [0.25, 0.3) is 21.7 Å². The van der Waals surface area contributed by atoms with Crippen molar-refractivity contribution < 1.29 is 19.1 Å². The van der Waals surface area contributed by atoms with Crippen molar-refractivity contribution in [3.05, 3.63) is 94.0 Å². The van der Waals surface area contributed by atoms with Crippen LogP contribution in [0.2, 0.25) is 10.0 Å². The average Bonchev–Trinajstić information content (AvgIpc) is 3.25. The van der Waals surface area contributed by atoms with Crippen molar-refractivity contribution in [2.75, 3.05) is 12.4 Å². The highest BCUT2D eigenvalue weighted by atomic mass is 35.5. The van der Waals surface area contributed by atoms with E-state index >= 15 is 0 Å². The number of hydrogen-bond donors (Lipinski definition) is 1. The molecule has 0 saturated carbocycles. The first-order valence-electron chi connectivity index (χ1n) is 11.8. The van der Waals surface area contributed by atoms with Crippen molar-refractivity contribution in [3.63, 3.8) is 0 Å². The lowest BCUT2D eigenvalue weighted by Crippen LogP contribution is -2.12. The second-order valence-corrected chi connectivity index (χ2v) is 9.69. The summed E-state index contributed by atoms with van der Waals surface area (Å²) < 4.78 is 12.9. The number of rotatable bonds is 6. The third-order valence-electron chi connectivity index (χ3n) is 6.12. The van der Waals surface area contributed by atoms with E-state index in [0.717, 1.165) is 16.3 Å². The number of hydrogen-bond acceptors (Lipinski definition) is 5. The highest BCUT2D eigenvalue weighted by Crippen LogP contribution is 2.33. The lowest BCUT2D eigenvalue weighted by molar-refractivity contribution is 0.0728. The molecule has 5 aromatic rings. The Balaban J connectivity index is 1.51. The van der Waals surface area contributed by atoms with Crippen molar-refractivity contribution in [3.8, 4) is 11.6 Å². The molecule has 4 aromatic carbocycles. The number of amides is 1. The fraction of sp³-hybridized carbons (Fsp3) is 0.138. The van der Waals surface area contributed by atoms with Gasteiger partial charge in [0.1, 0.15) is 5.75 Å². The largest absolute Gasteiger partial charge is 0.496 e. The molecule has 0 spiro atoms. The molecule has 1 aromatic heterocycles. The SMILES string of the molecule is COc1ccc(C(=O)Nc2ccc3c(c2)c(OC(=O)c2c(Cl)cccc2Cl)nn3C(C)C)c2ccccc12. The summed E-state index contributed by atoms with van der Waals surface area (Å²) in [5.74, 6) is -0.249. The first-order valence-corrected chi connectivity index (χ1v) is 12.6. The van der Waals surface area contributed by atoms with Crippen LogP contribution in [0.5, 0.6) is 11.6 Å². The second-order valence-electron chi connectivity index (χ2n) is 8.88. The molecule has 0 aliphatic rings. The lowest BCUT2D eigenvalue weighted by atomic mass is 10.0. The minimum absolute atomic E-state index is 0.0139. The molecular formula is C29H23Cl2N3O4. The van der Waals surface area contributed by atoms with Crippen LogP contribution in [0.1, 0.15) is 40.6 Å². The summed E-state index contributed by atoms with van der Waals surface area (Å²) in [7, 11) is 1.60. The molecule has 0 saturated heterocycles. The van der Waals surface area contributed by atoms with Crippen LogP contribution in [0.15, 0.2) is 72.8 Å². The van der Waals surface area contributed by atoms with Gasteiger partial charge in [-0.1, -0.05) is 53.5 Å². The molecule has 192 valence electrons. The number of nitrogens with one attached hydrogen (secondary N) is 1. The number of carbonyl (C=O) groups excluding carboxylic acids is 2. The molecule has 38 heavy (non-hydrogen) atoms. The maximum absolute atomic E-state index is 13.3. The van der Waals surface area contributed by atoms with Crippen molar-refractivity contribution in [1.82, 2.24) is 9.78 Å². The molecule has 0 atom stereocenters. The summed E-state index contributed by atoms with van der Waals surface area (Å²) in [6.07, 6.45) is 0. The van der Waals surface area contributed by atoms with E-state index in [1.807, 2.05) is 44.2 Å². The number of aromatic nitrogens is 2. The van der Waals surface area contributed by atoms with Gasteiger partial charge < -0.3 is 14.8 Å². The van der Waals surface area contributed by atoms with Gasteiger partial charge in [0.05, 0.1) is 33.6 Å². The molecule has 0 fully saturated rings. The molecule has 1 N–H and O–H groups in total. The molecule has 7 nitrogen and oxygen atoms in total. The summed E-state index contributed by atoms with van der Waals surface area (Å²) in [6.45, 7) is 3.93. The van der Waals surface area contributed by atoms with Gasteiger partial charge in [-0.15, -0.1) is 5.10 Å². The molecule has 0 unspecified atom stereocenters. The lowest BCUT2D eigenvalue weighted by Gasteiger charge is -2.11. The first-order chi connectivity index (χ1) is 18.3. The Kier molecular flexibility index (Phi) is 6.97. The van der Waals surface area contributed by atoms with Gasteiger partial charge in [0.15, 0.2) is 0 Å². The number of carbonyl (C=O) groups is 2. The molecule has 1 amide bonds. The fourth-order valence-corrected chi connectivity index (χ4v) is 4.89. The van der Waals surface area contributed by atoms with Crippen LogP contribution in [0, 0.1) is 0 Å². The number of benzene rings is 4. The van der Waals surface area contributed by atoms with Crippen LogP contribution < -0.4 is 14.8 Å². The van der Waals surface area contributed by atoms with Crippen molar-refractivity contribution >= 4 is 62.4 Å². The molecular weight excluding hydrogens is 525 g/mol. The van der Waals surface area contributed by atoms with Gasteiger partial charge in [0, 0.05) is 22.7 Å². The zero-order valence-corrected chi connectivity index (χ0v) is 22.3. The highest BCUT2D eigenvalue weighted by molar-refractivity contribution is 6.39. The third-order valence-corrected chi connectivity index (χ3v) is 6.75. The number of halogens is 2. The maximum atomic E-state index is 13.3. The van der Waals surface area contributed by atoms with Crippen molar-refractivity contribution in [1.29, 1.82) is 0 Å². The number of nitrogens with zero attached hydrogens (tertiary/aromatic N) is 2. The average molecular weight is 548 g/mol. The standard InChI is InChI=1S/C29H23Cl2N3O4/c1-16(2)34-24-13-11-17(32-27(35)20-12-14-25(37-3)19-8-5-4-7-18(19)20)15-21(24)28(33-34)38-29(36)26-22(30)9-6-10-23(26)31/h4-16H,1-3H3,(H,32,35). The smallest absolute Gasteiger partial charge is 0.347 e. The number of anilines is 1. The Morgan fingerprint density at radius 2 is 1.61 bits per heavy atom. The predicted octanol–water partition coefficient (Wildman–Crippen LogP) is 7.56. The zero-order valence-electron chi connectivity index (χ0n) is 20.8. The van der Waals surface area contributed by atoms with Crippen molar-refractivity contribution in [2.45, 2.75) is 19.9 Å². The summed E-state index contributed by atoms with van der Waals surface area (Å²) in [5.41, 5.74) is 1.80. The van der Waals surface area contributed by atoms with E-state index in [9.17, 15) is 9.59 Å². The topological polar surface area (TPSA) is 82.4 Å². The fourth-order valence-electron chi connectivity index (χ4n) is 4.34. The van der Waals surface area contributed by atoms with Crippen LogP contribution in [-0.4, -0.2) is 28.8 Å². The Morgan fingerprint density at radius 1 is 0.895 bits per heavy atom. The molecule has 0 aliphatic heterocycles. The van der Waals surface area contributed by atoms with Crippen LogP contribution in [-0.2, 0) is 0 Å². The summed E-state index contributed by atoms with van der Waals surface area (Å²) in [6, 6.07) is 21.1. The van der Waals surface area contributed by atoms with E-state index in [1.54, 1.807) is 54.3 Å². The number of methoxy groups -OCH3 is 1. The zero-order chi connectivity index (χ0) is 27.0. The Labute approximate surface area is 228 Å². The van der Waals surface area contributed by atoms with E-state index in [4.69, 9.17) is 32.7 Å². The first kappa shape index (κ1) is 25.6. The summed E-state index contributed by atoms with van der Waals surface area (Å²) in [4.78, 5) is 26.3. The van der Waals surface area contributed by atoms with Gasteiger partial charge in [0.25, 0.3) is 5.91 Å². The van der Waals surface area contributed by atoms with Gasteiger partial charge in [-0.05, 0) is 61.7 Å². The van der Waals surface area contributed by atoms with Gasteiger partial charge >= 0.3 is 5.97 Å². The van der Waals surface area contributed by atoms with Crippen LogP contribution in [0.4, 0.5) is 5.69 Å². The van der Waals surface area contributed by atoms with Gasteiger partial charge in [0.2, 0.25) is 5.88 Å². The van der Waals surface area contributed by atoms with E-state index in [0.29, 0.717) is 22.4 Å². The number of esters is 1. The normalized spacial score (nSPS) is 11.2. The predicted molar refractivity (Wildman–Crippen MR) is 150 cm³/mol. The maximum Gasteiger partial charge on any atom is 0.347 e. The monoisotopic (exact) mass is 547 g/mol. The highest BCUT2D eigenvalue weighted by Gasteiger charge is 2.22. The van der Waals surface area contributed by atoms with E-state index in [1.165, 1.54) is 0 Å². The molecule has 0 radical (unpaired) electrons. The number of ether oxygens (including phenoxy) is 2.